The minimum absolute atomic E-state index is 0.0415. The highest BCUT2D eigenvalue weighted by atomic mass is 16.5. The largest absolute Gasteiger partial charge is 0.480 e. The molecule has 1 aliphatic rings. The number of aliphatic carboxylic acids is 1. The minimum Gasteiger partial charge on any atom is -0.480 e. The zero-order valence-electron chi connectivity index (χ0n) is 16.2. The van der Waals surface area contributed by atoms with Crippen LogP contribution < -0.4 is 5.32 Å². The van der Waals surface area contributed by atoms with Crippen LogP contribution >= 0.6 is 0 Å². The molecule has 152 valence electrons. The summed E-state index contributed by atoms with van der Waals surface area (Å²) in [6.45, 7) is 3.38. The molecule has 1 aliphatic heterocycles. The molecule has 2 heterocycles. The SMILES string of the molecule is CN(CC(=O)O)CC1CN(C(=O)NCCCn2ccc3ccccc32)CCO1. The van der Waals surface area contributed by atoms with Crippen molar-refractivity contribution in [1.82, 2.24) is 19.7 Å². The van der Waals surface area contributed by atoms with E-state index in [4.69, 9.17) is 9.84 Å². The monoisotopic (exact) mass is 388 g/mol. The van der Waals surface area contributed by atoms with Crippen molar-refractivity contribution in [1.29, 1.82) is 0 Å². The molecule has 28 heavy (non-hydrogen) atoms. The van der Waals surface area contributed by atoms with Crippen LogP contribution in [0.3, 0.4) is 0 Å². The number of fused-ring (bicyclic) bond motifs is 1. The Balaban J connectivity index is 1.40. The average molecular weight is 388 g/mol. The van der Waals surface area contributed by atoms with Gasteiger partial charge in [0.05, 0.1) is 19.3 Å². The number of benzene rings is 1. The third-order valence-corrected chi connectivity index (χ3v) is 4.88. The highest BCUT2D eigenvalue weighted by molar-refractivity contribution is 5.79. The maximum Gasteiger partial charge on any atom is 0.317 e. The minimum atomic E-state index is -0.872. The first-order chi connectivity index (χ1) is 13.5. The van der Waals surface area contributed by atoms with E-state index in [9.17, 15) is 9.59 Å². The molecule has 0 aliphatic carbocycles. The average Bonchev–Trinajstić information content (AvgIpc) is 3.08. The van der Waals surface area contributed by atoms with Crippen LogP contribution in [0.5, 0.6) is 0 Å². The lowest BCUT2D eigenvalue weighted by Gasteiger charge is -2.34. The topological polar surface area (TPSA) is 87.0 Å². The van der Waals surface area contributed by atoms with E-state index >= 15 is 0 Å². The lowest BCUT2D eigenvalue weighted by Crippen LogP contribution is -2.52. The summed E-state index contributed by atoms with van der Waals surface area (Å²) in [5.41, 5.74) is 1.20. The molecule has 1 aromatic heterocycles. The normalized spacial score (nSPS) is 17.2. The van der Waals surface area contributed by atoms with E-state index < -0.39 is 5.97 Å². The Bertz CT molecular complexity index is 806. The Morgan fingerprint density at radius 1 is 1.32 bits per heavy atom. The third kappa shape index (κ3) is 5.46. The van der Waals surface area contributed by atoms with Crippen LogP contribution in [-0.2, 0) is 16.1 Å². The summed E-state index contributed by atoms with van der Waals surface area (Å²) >= 11 is 0. The van der Waals surface area contributed by atoms with Crippen LogP contribution in [0.1, 0.15) is 6.42 Å². The fourth-order valence-corrected chi connectivity index (χ4v) is 3.55. The van der Waals surface area contributed by atoms with Gasteiger partial charge in [0.1, 0.15) is 0 Å². The van der Waals surface area contributed by atoms with Crippen molar-refractivity contribution < 1.29 is 19.4 Å². The first-order valence-corrected chi connectivity index (χ1v) is 9.61. The van der Waals surface area contributed by atoms with Crippen molar-refractivity contribution in [3.05, 3.63) is 36.5 Å². The van der Waals surface area contributed by atoms with Crippen LogP contribution in [0.2, 0.25) is 0 Å². The molecular weight excluding hydrogens is 360 g/mol. The summed E-state index contributed by atoms with van der Waals surface area (Å²) in [6.07, 6.45) is 2.75. The Morgan fingerprint density at radius 2 is 2.14 bits per heavy atom. The number of aryl methyl sites for hydroxylation is 1. The van der Waals surface area contributed by atoms with E-state index in [2.05, 4.69) is 34.3 Å². The van der Waals surface area contributed by atoms with Gasteiger partial charge in [0.2, 0.25) is 0 Å². The molecule has 1 aromatic carbocycles. The van der Waals surface area contributed by atoms with Crippen LogP contribution in [0.25, 0.3) is 10.9 Å². The van der Waals surface area contributed by atoms with E-state index in [1.165, 1.54) is 10.9 Å². The molecule has 2 N–H and O–H groups in total. The number of likely N-dealkylation sites (N-methyl/N-ethyl adjacent to an activating group) is 1. The molecule has 1 saturated heterocycles. The maximum absolute atomic E-state index is 12.4. The van der Waals surface area contributed by atoms with E-state index in [0.29, 0.717) is 32.8 Å². The molecule has 0 bridgehead atoms. The van der Waals surface area contributed by atoms with Crippen molar-refractivity contribution >= 4 is 22.9 Å². The standard InChI is InChI=1S/C20H28N4O4/c1-22(15-19(25)26)13-17-14-24(11-12-28-17)20(27)21-8-4-9-23-10-7-16-5-2-3-6-18(16)23/h2-3,5-7,10,17H,4,8-9,11-15H2,1H3,(H,21,27)(H,25,26). The van der Waals surface area contributed by atoms with Crippen molar-refractivity contribution in [2.75, 3.05) is 46.4 Å². The third-order valence-electron chi connectivity index (χ3n) is 4.88. The van der Waals surface area contributed by atoms with Gasteiger partial charge in [-0.3, -0.25) is 9.69 Å². The first kappa shape index (κ1) is 20.2. The fourth-order valence-electron chi connectivity index (χ4n) is 3.55. The Labute approximate surface area is 164 Å². The Kier molecular flexibility index (Phi) is 6.89. The number of amides is 2. The second-order valence-corrected chi connectivity index (χ2v) is 7.18. The molecule has 3 rings (SSSR count). The summed E-state index contributed by atoms with van der Waals surface area (Å²) in [5, 5.41) is 13.0. The number of hydrogen-bond donors (Lipinski definition) is 2. The van der Waals surface area contributed by atoms with Crippen molar-refractivity contribution in [3.8, 4) is 0 Å². The molecule has 1 unspecified atom stereocenters. The van der Waals surface area contributed by atoms with Gasteiger partial charge >= 0.3 is 12.0 Å². The van der Waals surface area contributed by atoms with Gasteiger partial charge in [0.15, 0.2) is 0 Å². The Hall–Kier alpha value is -2.58. The second-order valence-electron chi connectivity index (χ2n) is 7.18. The van der Waals surface area contributed by atoms with E-state index in [0.717, 1.165) is 13.0 Å². The van der Waals surface area contributed by atoms with Crippen LogP contribution in [0, 0.1) is 0 Å². The number of carboxylic acid groups (broad SMARTS) is 1. The van der Waals surface area contributed by atoms with Gasteiger partial charge in [-0.2, -0.15) is 0 Å². The summed E-state index contributed by atoms with van der Waals surface area (Å²) < 4.78 is 7.87. The number of rotatable bonds is 8. The van der Waals surface area contributed by atoms with E-state index in [1.54, 1.807) is 16.8 Å². The summed E-state index contributed by atoms with van der Waals surface area (Å²) in [6, 6.07) is 10.3. The molecule has 0 radical (unpaired) electrons. The van der Waals surface area contributed by atoms with Gasteiger partial charge in [0, 0.05) is 44.4 Å². The molecule has 2 aromatic rings. The summed E-state index contributed by atoms with van der Waals surface area (Å²) in [7, 11) is 1.74. The molecule has 8 nitrogen and oxygen atoms in total. The number of para-hydroxylation sites is 1. The highest BCUT2D eigenvalue weighted by Crippen LogP contribution is 2.15. The summed E-state index contributed by atoms with van der Waals surface area (Å²) in [4.78, 5) is 26.6. The van der Waals surface area contributed by atoms with E-state index in [1.807, 2.05) is 12.1 Å². The number of nitrogens with zero attached hydrogens (tertiary/aromatic N) is 3. The van der Waals surface area contributed by atoms with Crippen LogP contribution in [0.15, 0.2) is 36.5 Å². The molecule has 0 spiro atoms. The van der Waals surface area contributed by atoms with Crippen LogP contribution in [-0.4, -0.2) is 84.0 Å². The number of morpholine rings is 1. The maximum atomic E-state index is 12.4. The molecule has 1 fully saturated rings. The first-order valence-electron chi connectivity index (χ1n) is 9.61. The predicted molar refractivity (Wildman–Crippen MR) is 106 cm³/mol. The predicted octanol–water partition coefficient (Wildman–Crippen LogP) is 1.46. The quantitative estimate of drug-likeness (QED) is 0.669. The zero-order chi connectivity index (χ0) is 19.9. The number of nitrogens with one attached hydrogen (secondary N) is 1. The van der Waals surface area contributed by atoms with Gasteiger partial charge in [-0.25, -0.2) is 4.79 Å². The second kappa shape index (κ2) is 9.57. The molecule has 0 saturated carbocycles. The molecular formula is C20H28N4O4. The highest BCUT2D eigenvalue weighted by Gasteiger charge is 2.25. The van der Waals surface area contributed by atoms with Gasteiger partial charge in [-0.15, -0.1) is 0 Å². The molecule has 1 atom stereocenters. The number of hydrogen-bond acceptors (Lipinski definition) is 4. The van der Waals surface area contributed by atoms with Crippen molar-refractivity contribution in [2.45, 2.75) is 19.1 Å². The number of carboxylic acids is 1. The number of ether oxygens (including phenoxy) is 1. The van der Waals surface area contributed by atoms with E-state index in [-0.39, 0.29) is 18.7 Å². The van der Waals surface area contributed by atoms with Crippen molar-refractivity contribution in [2.24, 2.45) is 0 Å². The fraction of sp³-hybridized carbons (Fsp3) is 0.500. The molecule has 2 amide bonds. The number of urea groups is 1. The number of carbonyl (C=O) groups is 2. The van der Waals surface area contributed by atoms with Gasteiger partial charge < -0.3 is 24.6 Å². The number of aromatic nitrogens is 1. The van der Waals surface area contributed by atoms with Crippen LogP contribution in [0.4, 0.5) is 4.79 Å². The lowest BCUT2D eigenvalue weighted by atomic mass is 10.2. The van der Waals surface area contributed by atoms with Gasteiger partial charge in [-0.1, -0.05) is 18.2 Å². The zero-order valence-corrected chi connectivity index (χ0v) is 16.2. The number of carbonyl (C=O) groups excluding carboxylic acids is 1. The van der Waals surface area contributed by atoms with Crippen molar-refractivity contribution in [3.63, 3.8) is 0 Å². The lowest BCUT2D eigenvalue weighted by molar-refractivity contribution is -0.138. The van der Waals surface area contributed by atoms with Gasteiger partial charge in [0.25, 0.3) is 0 Å². The molecule has 8 heteroatoms. The smallest absolute Gasteiger partial charge is 0.317 e. The van der Waals surface area contributed by atoms with Gasteiger partial charge in [-0.05, 0) is 31.0 Å². The Morgan fingerprint density at radius 3 is 2.96 bits per heavy atom. The summed E-state index contributed by atoms with van der Waals surface area (Å²) in [5.74, 6) is -0.872.